The zero-order valence-electron chi connectivity index (χ0n) is 13.5. The van der Waals surface area contributed by atoms with Crippen molar-refractivity contribution in [3.8, 4) is 0 Å². The van der Waals surface area contributed by atoms with Crippen molar-refractivity contribution in [2.75, 3.05) is 19.6 Å². The van der Waals surface area contributed by atoms with E-state index in [0.29, 0.717) is 12.3 Å². The van der Waals surface area contributed by atoms with Gasteiger partial charge in [-0.15, -0.1) is 0 Å². The average Bonchev–Trinajstić information content (AvgIpc) is 2.36. The van der Waals surface area contributed by atoms with Gasteiger partial charge in [-0.2, -0.15) is 0 Å². The highest BCUT2D eigenvalue weighted by Gasteiger charge is 2.22. The predicted octanol–water partition coefficient (Wildman–Crippen LogP) is 3.83. The maximum Gasteiger partial charge on any atom is 0.177 e. The number of hydrogen-bond donors (Lipinski definition) is 0. The molecule has 0 radical (unpaired) electrons. The number of nitrogens with zero attached hydrogens (tertiary/aromatic N) is 1. The van der Waals surface area contributed by atoms with Gasteiger partial charge in [0.2, 0.25) is 0 Å². The molecule has 0 aromatic heterocycles. The largest absolute Gasteiger partial charge is 0.296 e. The van der Waals surface area contributed by atoms with E-state index in [9.17, 15) is 4.79 Å². The molecule has 1 aliphatic rings. The molecule has 1 saturated heterocycles. The van der Waals surface area contributed by atoms with Gasteiger partial charge in [0, 0.05) is 12.1 Å². The summed E-state index contributed by atoms with van der Waals surface area (Å²) in [5.41, 5.74) is 5.72. The smallest absolute Gasteiger partial charge is 0.177 e. The van der Waals surface area contributed by atoms with Crippen LogP contribution in [0.4, 0.5) is 0 Å². The SMILES string of the molecule is Cc1cc(C)c(C)c(C(=O)CN2CCCC(C)C2)c1C. The summed E-state index contributed by atoms with van der Waals surface area (Å²) >= 11 is 0. The first-order valence-electron chi connectivity index (χ1n) is 7.73. The van der Waals surface area contributed by atoms with Crippen LogP contribution < -0.4 is 0 Å². The van der Waals surface area contributed by atoms with E-state index in [1.54, 1.807) is 0 Å². The number of Topliss-reactive ketones (excluding diaryl/α,β-unsaturated/α-hetero) is 1. The molecule has 2 rings (SSSR count). The molecule has 1 aromatic carbocycles. The lowest BCUT2D eigenvalue weighted by Crippen LogP contribution is -2.38. The Bertz CT molecular complexity index is 492. The van der Waals surface area contributed by atoms with Gasteiger partial charge in [0.1, 0.15) is 0 Å². The van der Waals surface area contributed by atoms with E-state index in [-0.39, 0.29) is 0 Å². The lowest BCUT2D eigenvalue weighted by molar-refractivity contribution is 0.0891. The monoisotopic (exact) mass is 273 g/mol. The number of hydrogen-bond acceptors (Lipinski definition) is 2. The molecule has 1 aromatic rings. The van der Waals surface area contributed by atoms with Crippen LogP contribution in [0, 0.1) is 33.6 Å². The maximum atomic E-state index is 12.7. The van der Waals surface area contributed by atoms with Gasteiger partial charge in [-0.05, 0) is 75.3 Å². The van der Waals surface area contributed by atoms with Crippen molar-refractivity contribution in [3.05, 3.63) is 33.9 Å². The minimum Gasteiger partial charge on any atom is -0.296 e. The molecule has 0 bridgehead atoms. The molecular formula is C18H27NO. The van der Waals surface area contributed by atoms with Gasteiger partial charge in [0.15, 0.2) is 5.78 Å². The Balaban J connectivity index is 2.21. The highest BCUT2D eigenvalue weighted by atomic mass is 16.1. The van der Waals surface area contributed by atoms with E-state index in [1.807, 2.05) is 0 Å². The molecule has 0 saturated carbocycles. The van der Waals surface area contributed by atoms with Crippen LogP contribution in [0.2, 0.25) is 0 Å². The summed E-state index contributed by atoms with van der Waals surface area (Å²) < 4.78 is 0. The van der Waals surface area contributed by atoms with Crippen molar-refractivity contribution in [1.82, 2.24) is 4.90 Å². The van der Waals surface area contributed by atoms with Gasteiger partial charge in [-0.3, -0.25) is 9.69 Å². The van der Waals surface area contributed by atoms with Crippen molar-refractivity contribution >= 4 is 5.78 Å². The molecule has 0 N–H and O–H groups in total. The Morgan fingerprint density at radius 3 is 2.35 bits per heavy atom. The summed E-state index contributed by atoms with van der Waals surface area (Å²) in [4.78, 5) is 15.1. The van der Waals surface area contributed by atoms with Crippen molar-refractivity contribution in [2.45, 2.75) is 47.5 Å². The second-order valence-electron chi connectivity index (χ2n) is 6.54. The number of carbonyl (C=O) groups excluding carboxylic acids is 1. The Hall–Kier alpha value is -1.15. The quantitative estimate of drug-likeness (QED) is 0.780. The summed E-state index contributed by atoms with van der Waals surface area (Å²) in [6.07, 6.45) is 2.52. The van der Waals surface area contributed by atoms with E-state index in [0.717, 1.165) is 35.7 Å². The van der Waals surface area contributed by atoms with Crippen molar-refractivity contribution < 1.29 is 4.79 Å². The van der Waals surface area contributed by atoms with Crippen LogP contribution in [0.25, 0.3) is 0 Å². The number of carbonyl (C=O) groups is 1. The zero-order valence-corrected chi connectivity index (χ0v) is 13.5. The molecular weight excluding hydrogens is 246 g/mol. The summed E-state index contributed by atoms with van der Waals surface area (Å²) in [6, 6.07) is 2.18. The molecule has 0 aliphatic carbocycles. The normalized spacial score (nSPS) is 20.1. The van der Waals surface area contributed by atoms with Crippen molar-refractivity contribution in [2.24, 2.45) is 5.92 Å². The molecule has 1 atom stereocenters. The highest BCUT2D eigenvalue weighted by molar-refractivity contribution is 6.00. The summed E-state index contributed by atoms with van der Waals surface area (Å²) in [5.74, 6) is 1.01. The minimum absolute atomic E-state index is 0.293. The van der Waals surface area contributed by atoms with E-state index >= 15 is 0 Å². The first kappa shape index (κ1) is 15.2. The highest BCUT2D eigenvalue weighted by Crippen LogP contribution is 2.23. The molecule has 1 heterocycles. The third kappa shape index (κ3) is 3.12. The molecule has 2 heteroatoms. The molecule has 110 valence electrons. The average molecular weight is 273 g/mol. The molecule has 1 unspecified atom stereocenters. The number of benzene rings is 1. The van der Waals surface area contributed by atoms with Gasteiger partial charge in [0.25, 0.3) is 0 Å². The van der Waals surface area contributed by atoms with Gasteiger partial charge in [-0.25, -0.2) is 0 Å². The van der Waals surface area contributed by atoms with Gasteiger partial charge >= 0.3 is 0 Å². The number of ketones is 1. The molecule has 0 amide bonds. The number of aryl methyl sites for hydroxylation is 2. The number of likely N-dealkylation sites (tertiary alicyclic amines) is 1. The van der Waals surface area contributed by atoms with Crippen molar-refractivity contribution in [3.63, 3.8) is 0 Å². The lowest BCUT2D eigenvalue weighted by atomic mass is 9.91. The second-order valence-corrected chi connectivity index (χ2v) is 6.54. The topological polar surface area (TPSA) is 20.3 Å². The van der Waals surface area contributed by atoms with E-state index in [1.165, 1.54) is 24.0 Å². The van der Waals surface area contributed by atoms with Crippen LogP contribution >= 0.6 is 0 Å². The third-order valence-corrected chi connectivity index (χ3v) is 4.75. The second kappa shape index (κ2) is 6.09. The fraction of sp³-hybridized carbons (Fsp3) is 0.611. The van der Waals surface area contributed by atoms with Crippen LogP contribution in [0.15, 0.2) is 6.07 Å². The summed E-state index contributed by atoms with van der Waals surface area (Å²) in [7, 11) is 0. The van der Waals surface area contributed by atoms with E-state index < -0.39 is 0 Å². The summed E-state index contributed by atoms with van der Waals surface area (Å²) in [5, 5.41) is 0. The minimum atomic E-state index is 0.293. The fourth-order valence-corrected chi connectivity index (χ4v) is 3.35. The predicted molar refractivity (Wildman–Crippen MR) is 84.6 cm³/mol. The number of rotatable bonds is 3. The van der Waals surface area contributed by atoms with Crippen molar-refractivity contribution in [1.29, 1.82) is 0 Å². The van der Waals surface area contributed by atoms with E-state index in [2.05, 4.69) is 45.6 Å². The van der Waals surface area contributed by atoms with Crippen LogP contribution in [0.1, 0.15) is 52.4 Å². The van der Waals surface area contributed by atoms with Crippen LogP contribution in [0.5, 0.6) is 0 Å². The Morgan fingerprint density at radius 1 is 1.20 bits per heavy atom. The van der Waals surface area contributed by atoms with E-state index in [4.69, 9.17) is 0 Å². The Morgan fingerprint density at radius 2 is 1.80 bits per heavy atom. The lowest BCUT2D eigenvalue weighted by Gasteiger charge is -2.30. The Kier molecular flexibility index (Phi) is 4.64. The van der Waals surface area contributed by atoms with Crippen LogP contribution in [-0.4, -0.2) is 30.3 Å². The third-order valence-electron chi connectivity index (χ3n) is 4.75. The van der Waals surface area contributed by atoms with Gasteiger partial charge in [0.05, 0.1) is 6.54 Å². The fourth-order valence-electron chi connectivity index (χ4n) is 3.35. The standard InChI is InChI=1S/C18H27NO/c1-12-7-6-8-19(10-12)11-17(20)18-15(4)13(2)9-14(3)16(18)5/h9,12H,6-8,10-11H2,1-5H3. The molecule has 1 aliphatic heterocycles. The van der Waals surface area contributed by atoms with Crippen LogP contribution in [-0.2, 0) is 0 Å². The molecule has 1 fully saturated rings. The zero-order chi connectivity index (χ0) is 14.9. The van der Waals surface area contributed by atoms with Gasteiger partial charge < -0.3 is 0 Å². The Labute approximate surface area is 123 Å². The molecule has 0 spiro atoms. The summed E-state index contributed by atoms with van der Waals surface area (Å²) in [6.45, 7) is 13.3. The molecule has 2 nitrogen and oxygen atoms in total. The van der Waals surface area contributed by atoms with Crippen LogP contribution in [0.3, 0.4) is 0 Å². The van der Waals surface area contributed by atoms with Gasteiger partial charge in [-0.1, -0.05) is 13.0 Å². The first-order valence-corrected chi connectivity index (χ1v) is 7.73. The first-order chi connectivity index (χ1) is 9.40. The number of piperidine rings is 1. The molecule has 20 heavy (non-hydrogen) atoms. The maximum absolute atomic E-state index is 12.7.